The molecule has 0 aliphatic carbocycles. The fourth-order valence-corrected chi connectivity index (χ4v) is 2.84. The van der Waals surface area contributed by atoms with Crippen molar-refractivity contribution in [3.63, 3.8) is 0 Å². The van der Waals surface area contributed by atoms with E-state index in [1.165, 1.54) is 6.07 Å². The topological polar surface area (TPSA) is 44.5 Å². The first-order chi connectivity index (χ1) is 8.24. The molecule has 1 aromatic rings. The molecule has 2 aliphatic heterocycles. The van der Waals surface area contributed by atoms with Crippen LogP contribution >= 0.6 is 0 Å². The summed E-state index contributed by atoms with van der Waals surface area (Å²) in [6, 6.07) is 6.91. The van der Waals surface area contributed by atoms with E-state index in [1.807, 2.05) is 12.1 Å². The molecule has 0 amide bonds. The van der Waals surface area contributed by atoms with E-state index in [0.717, 1.165) is 5.56 Å². The quantitative estimate of drug-likeness (QED) is 0.855. The minimum atomic E-state index is -0.300. The first-order valence-electron chi connectivity index (χ1n) is 5.85. The van der Waals surface area contributed by atoms with Gasteiger partial charge in [-0.3, -0.25) is 0 Å². The van der Waals surface area contributed by atoms with E-state index >= 15 is 0 Å². The highest BCUT2D eigenvalue weighted by molar-refractivity contribution is 5.34. The van der Waals surface area contributed by atoms with Gasteiger partial charge in [0.2, 0.25) is 0 Å². The van der Waals surface area contributed by atoms with Gasteiger partial charge in [0.15, 0.2) is 0 Å². The van der Waals surface area contributed by atoms with Crippen molar-refractivity contribution in [2.45, 2.75) is 5.41 Å². The molecule has 1 aromatic carbocycles. The molecule has 3 nitrogen and oxygen atoms in total. The largest absolute Gasteiger partial charge is 0.380 e. The molecule has 0 spiro atoms. The molecule has 3 rings (SSSR count). The van der Waals surface area contributed by atoms with E-state index in [0.29, 0.717) is 33.0 Å². The van der Waals surface area contributed by atoms with E-state index in [4.69, 9.17) is 15.2 Å². The Morgan fingerprint density at radius 3 is 2.18 bits per heavy atom. The van der Waals surface area contributed by atoms with Crippen molar-refractivity contribution < 1.29 is 13.9 Å². The van der Waals surface area contributed by atoms with Gasteiger partial charge in [-0.2, -0.15) is 0 Å². The summed E-state index contributed by atoms with van der Waals surface area (Å²) in [5.74, 6) is -0.171. The summed E-state index contributed by atoms with van der Waals surface area (Å²) in [6.45, 7) is 2.77. The molecule has 2 fully saturated rings. The minimum Gasteiger partial charge on any atom is -0.380 e. The second-order valence-electron chi connectivity index (χ2n) is 5.03. The molecule has 0 aromatic heterocycles. The smallest absolute Gasteiger partial charge is 0.127 e. The number of hydrogen-bond acceptors (Lipinski definition) is 3. The number of nitrogens with two attached hydrogens (primary N) is 1. The number of benzene rings is 1. The summed E-state index contributed by atoms with van der Waals surface area (Å²) >= 11 is 0. The molecule has 0 saturated carbocycles. The number of rotatable bonds is 3. The van der Waals surface area contributed by atoms with Gasteiger partial charge in [0.25, 0.3) is 0 Å². The van der Waals surface area contributed by atoms with Crippen LogP contribution in [0.5, 0.6) is 0 Å². The van der Waals surface area contributed by atoms with Crippen molar-refractivity contribution in [2.24, 2.45) is 11.1 Å². The Hall–Kier alpha value is -0.970. The van der Waals surface area contributed by atoms with Gasteiger partial charge in [-0.15, -0.1) is 0 Å². The summed E-state index contributed by atoms with van der Waals surface area (Å²) in [5, 5.41) is 0. The van der Waals surface area contributed by atoms with Crippen LogP contribution in [0.2, 0.25) is 0 Å². The van der Waals surface area contributed by atoms with Crippen LogP contribution in [-0.2, 0) is 14.9 Å². The van der Waals surface area contributed by atoms with Crippen LogP contribution in [0.4, 0.5) is 4.39 Å². The molecule has 2 aliphatic rings. The molecule has 2 saturated heterocycles. The van der Waals surface area contributed by atoms with Crippen LogP contribution in [-0.4, -0.2) is 33.0 Å². The molecule has 0 atom stereocenters. The van der Waals surface area contributed by atoms with Gasteiger partial charge in [-0.1, -0.05) is 18.2 Å². The van der Waals surface area contributed by atoms with Gasteiger partial charge in [0.05, 0.1) is 31.8 Å². The number of ether oxygens (including phenoxy) is 2. The third-order valence-electron chi connectivity index (χ3n) is 4.25. The van der Waals surface area contributed by atoms with E-state index in [9.17, 15) is 4.39 Å². The Bertz CT molecular complexity index is 422. The third kappa shape index (κ3) is 1.32. The lowest BCUT2D eigenvalue weighted by molar-refractivity contribution is -0.224. The van der Waals surface area contributed by atoms with Crippen LogP contribution in [0, 0.1) is 11.2 Å². The van der Waals surface area contributed by atoms with E-state index < -0.39 is 0 Å². The molecule has 4 heteroatoms. The first kappa shape index (κ1) is 11.1. The summed E-state index contributed by atoms with van der Waals surface area (Å²) in [6.07, 6.45) is 0. The number of hydrogen-bond donors (Lipinski definition) is 1. The molecule has 0 bridgehead atoms. The maximum Gasteiger partial charge on any atom is 0.127 e. The predicted molar refractivity (Wildman–Crippen MR) is 61.2 cm³/mol. The standard InChI is InChI=1S/C13H16FNO2/c14-11-4-2-1-3-10(11)13(8-17-9-13)12(5-15)6-16-7-12/h1-4H,5-9,15H2. The zero-order valence-corrected chi connectivity index (χ0v) is 9.62. The first-order valence-corrected chi connectivity index (χ1v) is 5.85. The molecular formula is C13H16FNO2. The van der Waals surface area contributed by atoms with Gasteiger partial charge >= 0.3 is 0 Å². The highest BCUT2D eigenvalue weighted by Gasteiger charge is 2.61. The number of halogens is 1. The van der Waals surface area contributed by atoms with Crippen molar-refractivity contribution in [1.29, 1.82) is 0 Å². The molecule has 17 heavy (non-hydrogen) atoms. The molecular weight excluding hydrogens is 221 g/mol. The lowest BCUT2D eigenvalue weighted by Crippen LogP contribution is -2.69. The van der Waals surface area contributed by atoms with Gasteiger partial charge < -0.3 is 15.2 Å². The van der Waals surface area contributed by atoms with Gasteiger partial charge in [-0.05, 0) is 11.6 Å². The van der Waals surface area contributed by atoms with E-state index in [2.05, 4.69) is 0 Å². The van der Waals surface area contributed by atoms with Crippen LogP contribution in [0.3, 0.4) is 0 Å². The fraction of sp³-hybridized carbons (Fsp3) is 0.538. The van der Waals surface area contributed by atoms with Gasteiger partial charge in [0, 0.05) is 12.0 Å². The van der Waals surface area contributed by atoms with Gasteiger partial charge in [0.1, 0.15) is 5.82 Å². The maximum atomic E-state index is 14.0. The third-order valence-corrected chi connectivity index (χ3v) is 4.25. The maximum absolute atomic E-state index is 14.0. The Morgan fingerprint density at radius 2 is 1.76 bits per heavy atom. The Balaban J connectivity index is 2.06. The fourth-order valence-electron chi connectivity index (χ4n) is 2.84. The monoisotopic (exact) mass is 237 g/mol. The second kappa shape index (κ2) is 3.77. The van der Waals surface area contributed by atoms with Gasteiger partial charge in [-0.25, -0.2) is 4.39 Å². The van der Waals surface area contributed by atoms with E-state index in [-0.39, 0.29) is 16.6 Å². The van der Waals surface area contributed by atoms with Crippen LogP contribution in [0.15, 0.2) is 24.3 Å². The van der Waals surface area contributed by atoms with Crippen molar-refractivity contribution in [1.82, 2.24) is 0 Å². The summed E-state index contributed by atoms with van der Waals surface area (Å²) in [4.78, 5) is 0. The Kier molecular flexibility index (Phi) is 2.47. The summed E-state index contributed by atoms with van der Waals surface area (Å²) in [7, 11) is 0. The zero-order chi connectivity index (χ0) is 11.9. The highest BCUT2D eigenvalue weighted by Crippen LogP contribution is 2.51. The van der Waals surface area contributed by atoms with Crippen molar-refractivity contribution in [3.8, 4) is 0 Å². The normalized spacial score (nSPS) is 24.8. The summed E-state index contributed by atoms with van der Waals surface area (Å²) < 4.78 is 24.7. The SMILES string of the molecule is NCC1(C2(c3ccccc3F)COC2)COC1. The molecule has 2 N–H and O–H groups in total. The Morgan fingerprint density at radius 1 is 1.12 bits per heavy atom. The van der Waals surface area contributed by atoms with Crippen molar-refractivity contribution in [3.05, 3.63) is 35.6 Å². The molecule has 92 valence electrons. The average molecular weight is 237 g/mol. The Labute approximate surface area is 99.7 Å². The second-order valence-corrected chi connectivity index (χ2v) is 5.03. The van der Waals surface area contributed by atoms with Crippen LogP contribution in [0.1, 0.15) is 5.56 Å². The van der Waals surface area contributed by atoms with Crippen molar-refractivity contribution in [2.75, 3.05) is 33.0 Å². The predicted octanol–water partition coefficient (Wildman–Crippen LogP) is 1.07. The average Bonchev–Trinajstić information content (AvgIpc) is 2.22. The molecule has 2 heterocycles. The minimum absolute atomic E-state index is 0.159. The molecule has 0 radical (unpaired) electrons. The zero-order valence-electron chi connectivity index (χ0n) is 9.62. The molecule has 0 unspecified atom stereocenters. The summed E-state index contributed by atoms with van der Waals surface area (Å²) in [5.41, 5.74) is 6.16. The van der Waals surface area contributed by atoms with E-state index in [1.54, 1.807) is 6.07 Å². The van der Waals surface area contributed by atoms with Crippen LogP contribution in [0.25, 0.3) is 0 Å². The van der Waals surface area contributed by atoms with Crippen molar-refractivity contribution >= 4 is 0 Å². The lowest BCUT2D eigenvalue weighted by Gasteiger charge is -2.59. The lowest BCUT2D eigenvalue weighted by atomic mass is 9.57. The van der Waals surface area contributed by atoms with Crippen LogP contribution < -0.4 is 5.73 Å². The highest BCUT2D eigenvalue weighted by atomic mass is 19.1.